The van der Waals surface area contributed by atoms with E-state index in [1.165, 1.54) is 32.9 Å². The van der Waals surface area contributed by atoms with Gasteiger partial charge in [0, 0.05) is 0 Å². The molecule has 0 spiro atoms. The summed E-state index contributed by atoms with van der Waals surface area (Å²) in [6, 6.07) is 36.0. The zero-order valence-electron chi connectivity index (χ0n) is 21.1. The quantitative estimate of drug-likeness (QED) is 0.178. The number of benzene rings is 4. The minimum atomic E-state index is -5.20. The molecule has 4 nitrogen and oxygen atoms in total. The highest BCUT2D eigenvalue weighted by atomic mass is 32.2. The van der Waals surface area contributed by atoms with Crippen LogP contribution in [0.25, 0.3) is 0 Å². The van der Waals surface area contributed by atoms with Crippen LogP contribution in [0.1, 0.15) is 20.8 Å². The van der Waals surface area contributed by atoms with Gasteiger partial charge in [0.2, 0.25) is 0 Å². The molecule has 0 bridgehead atoms. The lowest BCUT2D eigenvalue weighted by atomic mass is 10.2. The first-order valence-corrected chi connectivity index (χ1v) is 14.2. The van der Waals surface area contributed by atoms with E-state index in [1.54, 1.807) is 0 Å². The van der Waals surface area contributed by atoms with E-state index in [4.69, 9.17) is 4.74 Å². The first-order chi connectivity index (χ1) is 17.8. The van der Waals surface area contributed by atoms with Crippen LogP contribution in [0, 0.1) is 0 Å². The van der Waals surface area contributed by atoms with Gasteiger partial charge in [0.05, 0.1) is 15.8 Å². The highest BCUT2D eigenvalue weighted by Gasteiger charge is 2.37. The van der Waals surface area contributed by atoms with E-state index in [0.717, 1.165) is 17.9 Å². The summed E-state index contributed by atoms with van der Waals surface area (Å²) in [4.78, 5) is 3.42. The number of rotatable bonds is 6. The topological polar surface area (TPSA) is 52.6 Å². The van der Waals surface area contributed by atoms with Crippen LogP contribution in [0.4, 0.5) is 13.2 Å². The van der Waals surface area contributed by atoms with Crippen molar-refractivity contribution in [1.82, 2.24) is 0 Å². The second kappa shape index (κ2) is 12.5. The van der Waals surface area contributed by atoms with E-state index < -0.39 is 21.4 Å². The molecule has 0 saturated heterocycles. The van der Waals surface area contributed by atoms with Gasteiger partial charge in [-0.05, 0) is 81.4 Å². The molecule has 0 atom stereocenters. The van der Waals surface area contributed by atoms with Gasteiger partial charge >= 0.3 is 16.5 Å². The van der Waals surface area contributed by atoms with Crippen molar-refractivity contribution in [1.29, 1.82) is 0 Å². The Hall–Kier alpha value is -3.27. The maximum absolute atomic E-state index is 11.6. The number of hydrogen-bond acceptors (Lipinski definition) is 4. The average molecular weight is 562 g/mol. The molecular formula is C29H28F3O4S2+. The van der Waals surface area contributed by atoms with Gasteiger partial charge in [-0.2, -0.15) is 12.6 Å². The summed E-state index contributed by atoms with van der Waals surface area (Å²) in [5.41, 5.74) is -0.179. The van der Waals surface area contributed by atoms with Crippen LogP contribution >= 0.6 is 0 Å². The molecule has 4 rings (SSSR count). The minimum Gasteiger partial charge on any atom is -0.488 e. The highest BCUT2D eigenvalue weighted by Crippen LogP contribution is 2.32. The molecule has 0 aliphatic rings. The summed E-state index contributed by atoms with van der Waals surface area (Å²) in [6.07, 6.45) is -5.20. The van der Waals surface area contributed by atoms with E-state index >= 15 is 0 Å². The summed E-state index contributed by atoms with van der Waals surface area (Å²) < 4.78 is 65.7. The van der Waals surface area contributed by atoms with Crippen molar-refractivity contribution in [2.45, 2.75) is 52.3 Å². The Morgan fingerprint density at radius 1 is 0.605 bits per heavy atom. The van der Waals surface area contributed by atoms with Crippen LogP contribution in [-0.2, 0) is 25.2 Å². The molecule has 0 unspecified atom stereocenters. The predicted octanol–water partition coefficient (Wildman–Crippen LogP) is 7.87. The van der Waals surface area contributed by atoms with Gasteiger partial charge in [-0.1, -0.05) is 54.6 Å². The second-order valence-corrected chi connectivity index (χ2v) is 12.5. The van der Waals surface area contributed by atoms with Crippen molar-refractivity contribution in [2.75, 3.05) is 0 Å². The normalized spacial score (nSPS) is 12.0. The molecule has 0 aliphatic heterocycles. The summed E-state index contributed by atoms with van der Waals surface area (Å²) >= 11 is 0. The zero-order valence-corrected chi connectivity index (χ0v) is 22.7. The van der Waals surface area contributed by atoms with E-state index in [-0.39, 0.29) is 16.5 Å². The molecule has 0 aromatic heterocycles. The van der Waals surface area contributed by atoms with Gasteiger partial charge in [-0.25, -0.2) is 0 Å². The monoisotopic (exact) mass is 561 g/mol. The Morgan fingerprint density at radius 3 is 1.39 bits per heavy atom. The standard InChI is InChI=1S/C22H23OS.C7H5F3O3S/c1-22(2,3)23-18-14-16-21(17-15-18)24(19-10-6-4-7-11-19)20-12-8-5-9-13-20;8-7(9,10)13-14(11,12)6-4-2-1-3-5-6/h4-17H,1-3H3;1-5H/q+1;. The summed E-state index contributed by atoms with van der Waals surface area (Å²) in [7, 11) is -4.84. The Balaban J connectivity index is 0.000000244. The second-order valence-electron chi connectivity index (χ2n) is 8.91. The molecule has 0 amide bonds. The largest absolute Gasteiger partial charge is 0.537 e. The maximum atomic E-state index is 11.6. The average Bonchev–Trinajstić information content (AvgIpc) is 2.85. The number of ether oxygens (including phenoxy) is 1. The van der Waals surface area contributed by atoms with Crippen LogP contribution in [0.2, 0.25) is 0 Å². The summed E-state index contributed by atoms with van der Waals surface area (Å²) in [5, 5.41) is 0. The first-order valence-electron chi connectivity index (χ1n) is 11.5. The first kappa shape index (κ1) is 29.3. The molecule has 9 heteroatoms. The number of alkyl halides is 3. The zero-order chi connectivity index (χ0) is 27.8. The van der Waals surface area contributed by atoms with E-state index in [9.17, 15) is 21.6 Å². The highest BCUT2D eigenvalue weighted by molar-refractivity contribution is 7.97. The van der Waals surface area contributed by atoms with Gasteiger partial charge in [0.15, 0.2) is 14.7 Å². The molecule has 0 radical (unpaired) electrons. The van der Waals surface area contributed by atoms with Crippen molar-refractivity contribution >= 4 is 21.0 Å². The molecular weight excluding hydrogens is 533 g/mol. The molecule has 0 heterocycles. The lowest BCUT2D eigenvalue weighted by Gasteiger charge is -2.21. The Morgan fingerprint density at radius 2 is 1.00 bits per heavy atom. The van der Waals surface area contributed by atoms with Crippen molar-refractivity contribution in [3.05, 3.63) is 115 Å². The molecule has 0 aliphatic carbocycles. The van der Waals surface area contributed by atoms with Gasteiger partial charge in [0.25, 0.3) is 0 Å². The van der Waals surface area contributed by atoms with E-state index in [1.807, 2.05) is 0 Å². The lowest BCUT2D eigenvalue weighted by Crippen LogP contribution is -2.22. The smallest absolute Gasteiger partial charge is 0.488 e. The Labute approximate surface area is 224 Å². The fraction of sp³-hybridized carbons (Fsp3) is 0.172. The summed E-state index contributed by atoms with van der Waals surface area (Å²) in [6.45, 7) is 6.21. The molecule has 38 heavy (non-hydrogen) atoms. The van der Waals surface area contributed by atoms with Crippen LogP contribution < -0.4 is 4.74 Å². The van der Waals surface area contributed by atoms with E-state index in [2.05, 4.69) is 110 Å². The van der Waals surface area contributed by atoms with Crippen LogP contribution in [0.3, 0.4) is 0 Å². The molecule has 0 N–H and O–H groups in total. The third kappa shape index (κ3) is 9.24. The van der Waals surface area contributed by atoms with Crippen LogP contribution in [0.5, 0.6) is 5.75 Å². The van der Waals surface area contributed by atoms with Crippen molar-refractivity contribution in [3.8, 4) is 5.75 Å². The van der Waals surface area contributed by atoms with Crippen molar-refractivity contribution < 1.29 is 30.5 Å². The third-order valence-electron chi connectivity index (χ3n) is 4.68. The van der Waals surface area contributed by atoms with E-state index in [0.29, 0.717) is 0 Å². The summed E-state index contributed by atoms with van der Waals surface area (Å²) in [5.74, 6) is 0.913. The fourth-order valence-electron chi connectivity index (χ4n) is 3.28. The third-order valence-corrected chi connectivity index (χ3v) is 8.17. The van der Waals surface area contributed by atoms with Gasteiger partial charge < -0.3 is 4.74 Å². The van der Waals surface area contributed by atoms with Crippen LogP contribution in [-0.4, -0.2) is 20.4 Å². The molecule has 4 aromatic rings. The van der Waals surface area contributed by atoms with Gasteiger partial charge in [-0.15, -0.1) is 13.2 Å². The predicted molar refractivity (Wildman–Crippen MR) is 143 cm³/mol. The molecule has 0 fully saturated rings. The molecule has 4 aromatic carbocycles. The Kier molecular flexibility index (Phi) is 9.65. The van der Waals surface area contributed by atoms with Gasteiger partial charge in [0.1, 0.15) is 11.4 Å². The van der Waals surface area contributed by atoms with Crippen molar-refractivity contribution in [2.24, 2.45) is 0 Å². The maximum Gasteiger partial charge on any atom is 0.537 e. The minimum absolute atomic E-state index is 0.102. The lowest BCUT2D eigenvalue weighted by molar-refractivity contribution is -0.271. The number of hydrogen-bond donors (Lipinski definition) is 0. The van der Waals surface area contributed by atoms with Crippen LogP contribution in [0.15, 0.2) is 135 Å². The van der Waals surface area contributed by atoms with Crippen molar-refractivity contribution in [3.63, 3.8) is 0 Å². The molecule has 0 saturated carbocycles. The Bertz CT molecular complexity index is 1330. The SMILES string of the molecule is CC(C)(C)Oc1ccc([S+](c2ccccc2)c2ccccc2)cc1.O=S(=O)(OC(F)(F)F)c1ccccc1. The fourth-order valence-corrected chi connectivity index (χ4v) is 6.20. The number of halogens is 3. The molecule has 200 valence electrons. The van der Waals surface area contributed by atoms with Gasteiger partial charge in [-0.3, -0.25) is 0 Å².